The molecule has 0 aromatic carbocycles. The van der Waals surface area contributed by atoms with Crippen molar-refractivity contribution < 1.29 is 8.76 Å². The van der Waals surface area contributed by atoms with Crippen molar-refractivity contribution in [1.29, 1.82) is 0 Å². The molecule has 1 aromatic rings. The van der Waals surface area contributed by atoms with Crippen molar-refractivity contribution in [2.75, 3.05) is 6.54 Å². The van der Waals surface area contributed by atoms with Crippen molar-refractivity contribution in [3.63, 3.8) is 0 Å². The van der Waals surface area contributed by atoms with Crippen LogP contribution in [0.4, 0.5) is 0 Å². The molecule has 0 radical (unpaired) electrons. The lowest BCUT2D eigenvalue weighted by atomic mass is 10.1. The molecule has 0 saturated carbocycles. The molecule has 2 heterocycles. The highest BCUT2D eigenvalue weighted by Gasteiger charge is 2.27. The van der Waals surface area contributed by atoms with E-state index in [-0.39, 0.29) is 6.04 Å². The molecule has 5 heteroatoms. The highest BCUT2D eigenvalue weighted by molar-refractivity contribution is 7.76. The average molecular weight is 241 g/mol. The summed E-state index contributed by atoms with van der Waals surface area (Å²) in [5.74, 6) is 0. The van der Waals surface area contributed by atoms with Crippen molar-refractivity contribution in [3.05, 3.63) is 30.1 Å². The van der Waals surface area contributed by atoms with Gasteiger partial charge in [-0.25, -0.2) is 4.31 Å². The lowest BCUT2D eigenvalue weighted by Gasteiger charge is -2.25. The van der Waals surface area contributed by atoms with E-state index in [1.807, 2.05) is 32.0 Å². The molecule has 1 aliphatic rings. The molecule has 90 valence electrons. The molecule has 0 N–H and O–H groups in total. The largest absolute Gasteiger partial charge is 0.760 e. The first-order valence-corrected chi connectivity index (χ1v) is 6.59. The second-order valence-electron chi connectivity index (χ2n) is 3.27. The fourth-order valence-electron chi connectivity index (χ4n) is 1.79. The first-order chi connectivity index (χ1) is 7.79. The van der Waals surface area contributed by atoms with Crippen LogP contribution in [0.25, 0.3) is 0 Å². The highest BCUT2D eigenvalue weighted by atomic mass is 32.2. The van der Waals surface area contributed by atoms with Gasteiger partial charge in [0.2, 0.25) is 0 Å². The van der Waals surface area contributed by atoms with Gasteiger partial charge in [0, 0.05) is 24.0 Å². The SMILES string of the molecule is CC.O=S([O-])N1CCC[C@H]1c1ccccn1. The topological polar surface area (TPSA) is 56.3 Å². The molecule has 0 bridgehead atoms. The number of hydrogen-bond donors (Lipinski definition) is 0. The van der Waals surface area contributed by atoms with Gasteiger partial charge in [0.15, 0.2) is 0 Å². The molecular weight excluding hydrogens is 224 g/mol. The summed E-state index contributed by atoms with van der Waals surface area (Å²) < 4.78 is 23.2. The minimum Gasteiger partial charge on any atom is -0.760 e. The van der Waals surface area contributed by atoms with E-state index in [2.05, 4.69) is 4.98 Å². The van der Waals surface area contributed by atoms with Crippen LogP contribution in [0, 0.1) is 0 Å². The molecule has 1 saturated heterocycles. The van der Waals surface area contributed by atoms with Crippen molar-refractivity contribution in [1.82, 2.24) is 9.29 Å². The fraction of sp³-hybridized carbons (Fsp3) is 0.545. The number of aromatic nitrogens is 1. The van der Waals surface area contributed by atoms with E-state index in [9.17, 15) is 8.76 Å². The van der Waals surface area contributed by atoms with Gasteiger partial charge in [0.05, 0.1) is 11.7 Å². The normalized spacial score (nSPS) is 22.3. The Labute approximate surface area is 99.1 Å². The van der Waals surface area contributed by atoms with Gasteiger partial charge in [-0.05, 0) is 25.0 Å². The average Bonchev–Trinajstić information content (AvgIpc) is 2.82. The summed E-state index contributed by atoms with van der Waals surface area (Å²) in [7, 11) is 0. The minimum atomic E-state index is -2.13. The molecule has 4 nitrogen and oxygen atoms in total. The number of nitrogens with zero attached hydrogens (tertiary/aromatic N) is 2. The maximum Gasteiger partial charge on any atom is 0.0637 e. The van der Waals surface area contributed by atoms with Gasteiger partial charge in [-0.1, -0.05) is 19.9 Å². The zero-order chi connectivity index (χ0) is 12.0. The fourth-order valence-corrected chi connectivity index (χ4v) is 2.49. The summed E-state index contributed by atoms with van der Waals surface area (Å²) >= 11 is -2.13. The molecule has 0 aliphatic carbocycles. The third kappa shape index (κ3) is 3.10. The van der Waals surface area contributed by atoms with Crippen LogP contribution in [0.2, 0.25) is 0 Å². The van der Waals surface area contributed by atoms with E-state index >= 15 is 0 Å². The Morgan fingerprint density at radius 3 is 2.81 bits per heavy atom. The molecule has 1 fully saturated rings. The summed E-state index contributed by atoms with van der Waals surface area (Å²) in [6, 6.07) is 5.52. The van der Waals surface area contributed by atoms with Crippen LogP contribution in [-0.4, -0.2) is 24.6 Å². The molecule has 1 unspecified atom stereocenters. The molecular formula is C11H17N2O2S-. The van der Waals surface area contributed by atoms with Gasteiger partial charge in [-0.2, -0.15) is 0 Å². The molecule has 0 spiro atoms. The Balaban J connectivity index is 0.000000606. The van der Waals surface area contributed by atoms with Crippen molar-refractivity contribution in [2.24, 2.45) is 0 Å². The Hall–Kier alpha value is -0.780. The number of rotatable bonds is 2. The lowest BCUT2D eigenvalue weighted by Crippen LogP contribution is -2.25. The zero-order valence-corrected chi connectivity index (χ0v) is 10.4. The van der Waals surface area contributed by atoms with Crippen LogP contribution < -0.4 is 0 Å². The zero-order valence-electron chi connectivity index (χ0n) is 9.63. The van der Waals surface area contributed by atoms with Gasteiger partial charge in [-0.3, -0.25) is 9.19 Å². The molecule has 16 heavy (non-hydrogen) atoms. The van der Waals surface area contributed by atoms with Gasteiger partial charge in [0.25, 0.3) is 0 Å². The Morgan fingerprint density at radius 1 is 1.50 bits per heavy atom. The van der Waals surface area contributed by atoms with Crippen LogP contribution in [0.15, 0.2) is 24.4 Å². The standard InChI is InChI=1S/C9H12N2O2S.C2H6/c12-14(13)11-7-3-5-9(11)8-4-1-2-6-10-8;1-2/h1-2,4,6,9H,3,5,7H2,(H,12,13);1-2H3/p-1/t9-;/m0./s1. The third-order valence-electron chi connectivity index (χ3n) is 2.42. The Kier molecular flexibility index (Phi) is 5.59. The maximum atomic E-state index is 10.9. The monoisotopic (exact) mass is 241 g/mol. The van der Waals surface area contributed by atoms with Gasteiger partial charge >= 0.3 is 0 Å². The maximum absolute atomic E-state index is 10.9. The van der Waals surface area contributed by atoms with Crippen molar-refractivity contribution in [2.45, 2.75) is 32.7 Å². The van der Waals surface area contributed by atoms with Crippen molar-refractivity contribution >= 4 is 11.3 Å². The smallest absolute Gasteiger partial charge is 0.0637 e. The Morgan fingerprint density at radius 2 is 2.25 bits per heavy atom. The molecule has 0 amide bonds. The Bertz CT molecular complexity index is 332. The molecule has 1 aliphatic heterocycles. The second kappa shape index (κ2) is 6.73. The quantitative estimate of drug-likeness (QED) is 0.744. The van der Waals surface area contributed by atoms with E-state index < -0.39 is 11.3 Å². The lowest BCUT2D eigenvalue weighted by molar-refractivity contribution is 0.370. The van der Waals surface area contributed by atoms with Crippen LogP contribution in [0.1, 0.15) is 38.4 Å². The van der Waals surface area contributed by atoms with Crippen LogP contribution in [0.5, 0.6) is 0 Å². The second-order valence-corrected chi connectivity index (χ2v) is 4.17. The van der Waals surface area contributed by atoms with Gasteiger partial charge in [-0.15, -0.1) is 0 Å². The van der Waals surface area contributed by atoms with E-state index in [1.54, 1.807) is 6.20 Å². The highest BCUT2D eigenvalue weighted by Crippen LogP contribution is 2.30. The summed E-state index contributed by atoms with van der Waals surface area (Å²) in [6.07, 6.45) is 3.47. The summed E-state index contributed by atoms with van der Waals surface area (Å²) in [6.45, 7) is 4.61. The first kappa shape index (κ1) is 13.3. The van der Waals surface area contributed by atoms with Crippen LogP contribution >= 0.6 is 0 Å². The van der Waals surface area contributed by atoms with E-state index in [1.165, 1.54) is 4.31 Å². The van der Waals surface area contributed by atoms with Gasteiger partial charge < -0.3 is 4.55 Å². The molecule has 2 atom stereocenters. The number of pyridine rings is 1. The summed E-state index contributed by atoms with van der Waals surface area (Å²) in [5, 5.41) is 0. The summed E-state index contributed by atoms with van der Waals surface area (Å²) in [4.78, 5) is 4.18. The van der Waals surface area contributed by atoms with Gasteiger partial charge in [0.1, 0.15) is 0 Å². The molecule has 2 rings (SSSR count). The van der Waals surface area contributed by atoms with Crippen molar-refractivity contribution in [3.8, 4) is 0 Å². The number of hydrogen-bond acceptors (Lipinski definition) is 3. The summed E-state index contributed by atoms with van der Waals surface area (Å²) in [5.41, 5.74) is 0.842. The third-order valence-corrected chi connectivity index (χ3v) is 3.24. The van der Waals surface area contributed by atoms with E-state index in [0.29, 0.717) is 6.54 Å². The first-order valence-electron chi connectivity index (χ1n) is 5.56. The van der Waals surface area contributed by atoms with Crippen LogP contribution in [-0.2, 0) is 11.3 Å². The van der Waals surface area contributed by atoms with Crippen LogP contribution in [0.3, 0.4) is 0 Å². The predicted molar refractivity (Wildman–Crippen MR) is 63.2 cm³/mol. The van der Waals surface area contributed by atoms with E-state index in [0.717, 1.165) is 18.5 Å². The predicted octanol–water partition coefficient (Wildman–Crippen LogP) is 2.04. The minimum absolute atomic E-state index is 0.0606. The van der Waals surface area contributed by atoms with E-state index in [4.69, 9.17) is 0 Å². The molecule has 1 aromatic heterocycles.